The monoisotopic (exact) mass is 423 g/mol. The van der Waals surface area contributed by atoms with Crippen LogP contribution in [-0.2, 0) is 5.41 Å². The summed E-state index contributed by atoms with van der Waals surface area (Å²) in [6.45, 7) is 5.84. The van der Waals surface area contributed by atoms with Crippen molar-refractivity contribution in [1.82, 2.24) is 9.97 Å². The molecule has 1 N–H and O–H groups in total. The Morgan fingerprint density at radius 3 is 2.33 bits per heavy atom. The first-order valence-corrected chi connectivity index (χ1v) is 7.98. The molecule has 0 fully saturated rings. The van der Waals surface area contributed by atoms with Crippen molar-refractivity contribution in [1.29, 1.82) is 0 Å². The second-order valence-corrected chi connectivity index (χ2v) is 7.21. The Kier molecular flexibility index (Phi) is 5.29. The maximum Gasteiger partial charge on any atom is 0.573 e. The molecular formula is C15H14BrClF3N3O. The summed E-state index contributed by atoms with van der Waals surface area (Å²) < 4.78 is 40.9. The first kappa shape index (κ1) is 18.8. The van der Waals surface area contributed by atoms with Gasteiger partial charge in [-0.15, -0.1) is 13.2 Å². The number of aromatic nitrogens is 2. The molecule has 0 aliphatic heterocycles. The van der Waals surface area contributed by atoms with Crippen molar-refractivity contribution in [2.24, 2.45) is 0 Å². The van der Waals surface area contributed by atoms with Crippen LogP contribution in [0.1, 0.15) is 26.6 Å². The maximum absolute atomic E-state index is 12.3. The lowest BCUT2D eigenvalue weighted by atomic mass is 9.96. The highest BCUT2D eigenvalue weighted by Gasteiger charge is 2.32. The van der Waals surface area contributed by atoms with Crippen molar-refractivity contribution < 1.29 is 17.9 Å². The highest BCUT2D eigenvalue weighted by atomic mass is 79.9. The fourth-order valence-electron chi connectivity index (χ4n) is 1.75. The Balaban J connectivity index is 2.26. The van der Waals surface area contributed by atoms with Crippen LogP contribution in [0.5, 0.6) is 5.75 Å². The van der Waals surface area contributed by atoms with E-state index in [-0.39, 0.29) is 20.8 Å². The molecule has 2 rings (SSSR count). The lowest BCUT2D eigenvalue weighted by Gasteiger charge is -2.18. The Morgan fingerprint density at radius 2 is 1.79 bits per heavy atom. The normalized spacial score (nSPS) is 12.2. The molecule has 0 saturated heterocycles. The van der Waals surface area contributed by atoms with Crippen LogP contribution < -0.4 is 10.1 Å². The fourth-order valence-corrected chi connectivity index (χ4v) is 2.39. The largest absolute Gasteiger partial charge is 0.573 e. The number of ether oxygens (including phenoxy) is 1. The Bertz CT molecular complexity index is 748. The van der Waals surface area contributed by atoms with E-state index in [1.807, 2.05) is 20.8 Å². The average molecular weight is 425 g/mol. The molecule has 0 radical (unpaired) electrons. The summed E-state index contributed by atoms with van der Waals surface area (Å²) >= 11 is 9.06. The van der Waals surface area contributed by atoms with Gasteiger partial charge in [-0.05, 0) is 34.1 Å². The third-order valence-electron chi connectivity index (χ3n) is 2.80. The zero-order valence-electron chi connectivity index (χ0n) is 13.0. The molecule has 0 aliphatic rings. The fraction of sp³-hybridized carbons (Fsp3) is 0.333. The van der Waals surface area contributed by atoms with Crippen molar-refractivity contribution in [3.05, 3.63) is 39.7 Å². The standard InChI is InChI=1S/C15H14BrClF3N3O/c1-14(2,3)13-22-11(17)7-12(23-13)21-8-4-5-10(9(16)6-8)24-15(18,19)20/h4-7H,1-3H3,(H,21,22,23). The number of hydrogen-bond acceptors (Lipinski definition) is 4. The summed E-state index contributed by atoms with van der Waals surface area (Å²) in [7, 11) is 0. The van der Waals surface area contributed by atoms with Gasteiger partial charge in [0.2, 0.25) is 0 Å². The molecular weight excluding hydrogens is 411 g/mol. The minimum Gasteiger partial charge on any atom is -0.405 e. The number of rotatable bonds is 3. The van der Waals surface area contributed by atoms with Crippen molar-refractivity contribution >= 4 is 39.0 Å². The van der Waals surface area contributed by atoms with Crippen LogP contribution in [0.4, 0.5) is 24.7 Å². The van der Waals surface area contributed by atoms with Gasteiger partial charge in [0, 0.05) is 17.2 Å². The molecule has 1 aromatic heterocycles. The number of alkyl halides is 3. The van der Waals surface area contributed by atoms with Crippen LogP contribution in [0, 0.1) is 0 Å². The van der Waals surface area contributed by atoms with Gasteiger partial charge >= 0.3 is 6.36 Å². The topological polar surface area (TPSA) is 47.0 Å². The Hall–Kier alpha value is -1.54. The number of nitrogens with one attached hydrogen (secondary N) is 1. The summed E-state index contributed by atoms with van der Waals surface area (Å²) in [5.74, 6) is 0.661. The first-order valence-electron chi connectivity index (χ1n) is 6.81. The van der Waals surface area contributed by atoms with Gasteiger partial charge < -0.3 is 10.1 Å². The number of nitrogens with zero attached hydrogens (tertiary/aromatic N) is 2. The minimum absolute atomic E-state index is 0.154. The molecule has 0 atom stereocenters. The average Bonchev–Trinajstić information content (AvgIpc) is 2.39. The molecule has 24 heavy (non-hydrogen) atoms. The van der Waals surface area contributed by atoms with Crippen molar-refractivity contribution in [3.63, 3.8) is 0 Å². The predicted octanol–water partition coefficient (Wildman–Crippen LogP) is 5.83. The van der Waals surface area contributed by atoms with Gasteiger partial charge in [-0.25, -0.2) is 9.97 Å². The van der Waals surface area contributed by atoms with Crippen molar-refractivity contribution in [2.75, 3.05) is 5.32 Å². The van der Waals surface area contributed by atoms with E-state index in [1.54, 1.807) is 0 Å². The molecule has 0 amide bonds. The summed E-state index contributed by atoms with van der Waals surface area (Å²) in [5, 5.41) is 3.26. The maximum atomic E-state index is 12.3. The second kappa shape index (κ2) is 6.76. The third-order valence-corrected chi connectivity index (χ3v) is 3.61. The van der Waals surface area contributed by atoms with Gasteiger partial charge in [0.25, 0.3) is 0 Å². The van der Waals surface area contributed by atoms with Gasteiger partial charge in [-0.1, -0.05) is 32.4 Å². The summed E-state index contributed by atoms with van der Waals surface area (Å²) in [5.41, 5.74) is 0.220. The van der Waals surface area contributed by atoms with Gasteiger partial charge in [0.05, 0.1) is 4.47 Å². The van der Waals surface area contributed by atoms with E-state index in [4.69, 9.17) is 11.6 Å². The van der Waals surface area contributed by atoms with E-state index in [9.17, 15) is 13.2 Å². The van der Waals surface area contributed by atoms with E-state index in [2.05, 4.69) is 36.0 Å². The highest BCUT2D eigenvalue weighted by molar-refractivity contribution is 9.10. The minimum atomic E-state index is -4.75. The van der Waals surface area contributed by atoms with Crippen molar-refractivity contribution in [2.45, 2.75) is 32.5 Å². The number of benzene rings is 1. The molecule has 130 valence electrons. The van der Waals surface area contributed by atoms with Gasteiger partial charge in [0.15, 0.2) is 0 Å². The van der Waals surface area contributed by atoms with Gasteiger partial charge in [-0.3, -0.25) is 0 Å². The predicted molar refractivity (Wildman–Crippen MR) is 89.8 cm³/mol. The summed E-state index contributed by atoms with van der Waals surface area (Å²) in [4.78, 5) is 8.56. The van der Waals surface area contributed by atoms with Crippen LogP contribution in [0.25, 0.3) is 0 Å². The molecule has 4 nitrogen and oxygen atoms in total. The lowest BCUT2D eigenvalue weighted by molar-refractivity contribution is -0.274. The quantitative estimate of drug-likeness (QED) is 0.630. The molecule has 1 heterocycles. The smallest absolute Gasteiger partial charge is 0.405 e. The molecule has 2 aromatic rings. The molecule has 1 aromatic carbocycles. The number of halogens is 5. The second-order valence-electron chi connectivity index (χ2n) is 5.97. The Labute approximate surface area is 150 Å². The number of hydrogen-bond donors (Lipinski definition) is 1. The first-order chi connectivity index (χ1) is 10.9. The molecule has 0 unspecified atom stereocenters. The van der Waals surface area contributed by atoms with E-state index in [0.29, 0.717) is 17.3 Å². The van der Waals surface area contributed by atoms with Crippen LogP contribution >= 0.6 is 27.5 Å². The molecule has 9 heteroatoms. The van der Waals surface area contributed by atoms with Crippen LogP contribution in [0.2, 0.25) is 5.15 Å². The zero-order valence-corrected chi connectivity index (χ0v) is 15.3. The summed E-state index contributed by atoms with van der Waals surface area (Å²) in [6.07, 6.45) is -4.75. The number of anilines is 2. The van der Waals surface area contributed by atoms with Crippen LogP contribution in [0.3, 0.4) is 0 Å². The van der Waals surface area contributed by atoms with E-state index in [1.165, 1.54) is 24.3 Å². The Morgan fingerprint density at radius 1 is 1.12 bits per heavy atom. The van der Waals surface area contributed by atoms with E-state index >= 15 is 0 Å². The summed E-state index contributed by atoms with van der Waals surface area (Å²) in [6, 6.07) is 5.63. The van der Waals surface area contributed by atoms with Gasteiger partial charge in [0.1, 0.15) is 22.5 Å². The van der Waals surface area contributed by atoms with E-state index in [0.717, 1.165) is 0 Å². The highest BCUT2D eigenvalue weighted by Crippen LogP contribution is 2.33. The SMILES string of the molecule is CC(C)(C)c1nc(Cl)cc(Nc2ccc(OC(F)(F)F)c(Br)c2)n1. The molecule has 0 saturated carbocycles. The van der Waals surface area contributed by atoms with Gasteiger partial charge in [-0.2, -0.15) is 0 Å². The zero-order chi connectivity index (χ0) is 18.1. The van der Waals surface area contributed by atoms with E-state index < -0.39 is 6.36 Å². The third kappa shape index (κ3) is 5.24. The van der Waals surface area contributed by atoms with Crippen molar-refractivity contribution in [3.8, 4) is 5.75 Å². The molecule has 0 bridgehead atoms. The lowest BCUT2D eigenvalue weighted by Crippen LogP contribution is -2.17. The molecule has 0 spiro atoms. The van der Waals surface area contributed by atoms with Crippen LogP contribution in [0.15, 0.2) is 28.7 Å². The van der Waals surface area contributed by atoms with Crippen LogP contribution in [-0.4, -0.2) is 16.3 Å². The molecule has 0 aliphatic carbocycles.